The molecule has 12 N–H and O–H groups in total. The molecular weight excluding hydrogens is 609 g/mol. The van der Waals surface area contributed by atoms with Crippen LogP contribution in [0, 0.1) is 0 Å². The van der Waals surface area contributed by atoms with Gasteiger partial charge in [-0.3, -0.25) is 4.90 Å². The minimum absolute atomic E-state index is 0.0381. The number of hydrogen-bond acceptors (Lipinski definition) is 14. The molecule has 0 saturated heterocycles. The Morgan fingerprint density at radius 2 is 1.14 bits per heavy atom. The molecule has 0 aromatic heterocycles. The van der Waals surface area contributed by atoms with Gasteiger partial charge in [-0.25, -0.2) is 9.59 Å². The van der Waals surface area contributed by atoms with Crippen molar-refractivity contribution in [3.8, 4) is 0 Å². The Kier molecular flexibility index (Phi) is 19.1. The lowest BCUT2D eigenvalue weighted by Crippen LogP contribution is -2.53. The van der Waals surface area contributed by atoms with Gasteiger partial charge in [-0.05, 0) is 18.1 Å². The lowest BCUT2D eigenvalue weighted by molar-refractivity contribution is -0.192. The molecule has 1 aromatic rings. The quantitative estimate of drug-likeness (QED) is 0.0771. The van der Waals surface area contributed by atoms with E-state index < -0.39 is 80.3 Å². The molecule has 1 amide bonds. The van der Waals surface area contributed by atoms with Crippen LogP contribution in [0.15, 0.2) is 24.3 Å². The van der Waals surface area contributed by atoms with E-state index in [0.717, 1.165) is 5.56 Å². The predicted octanol–water partition coefficient (Wildman–Crippen LogP) is -3.76. The average molecular weight is 651 g/mol. The molecule has 0 heterocycles. The maximum absolute atomic E-state index is 11.4. The molecule has 19 heteroatoms. The molecule has 0 aliphatic rings. The number of ether oxygens (including phenoxy) is 1. The number of carboxylic acid groups (broad SMARTS) is 1. The Bertz CT molecular complexity index is 929. The molecule has 0 radical (unpaired) electrons. The number of hydrogen-bond donors (Lipinski definition) is 12. The van der Waals surface area contributed by atoms with Crippen molar-refractivity contribution in [2.24, 2.45) is 0 Å². The maximum Gasteiger partial charge on any atom is 0.490 e. The van der Waals surface area contributed by atoms with E-state index >= 15 is 0 Å². The van der Waals surface area contributed by atoms with Crippen molar-refractivity contribution in [1.29, 1.82) is 0 Å². The van der Waals surface area contributed by atoms with Crippen molar-refractivity contribution in [3.05, 3.63) is 35.4 Å². The summed E-state index contributed by atoms with van der Waals surface area (Å²) in [5.74, 6) is -2.76. The third kappa shape index (κ3) is 15.3. The highest BCUT2D eigenvalue weighted by molar-refractivity contribution is 5.73. The lowest BCUT2D eigenvalue weighted by atomic mass is 10.0. The van der Waals surface area contributed by atoms with Gasteiger partial charge < -0.3 is 66.2 Å². The van der Waals surface area contributed by atoms with Crippen LogP contribution < -0.4 is 5.32 Å². The Labute approximate surface area is 249 Å². The summed E-state index contributed by atoms with van der Waals surface area (Å²) in [6, 6.07) is 6.79. The topological polar surface area (TPSA) is 281 Å². The molecule has 0 bridgehead atoms. The summed E-state index contributed by atoms with van der Waals surface area (Å²) >= 11 is 0. The van der Waals surface area contributed by atoms with Gasteiger partial charge in [-0.2, -0.15) is 13.2 Å². The Morgan fingerprint density at radius 3 is 1.48 bits per heavy atom. The zero-order chi connectivity index (χ0) is 34.2. The van der Waals surface area contributed by atoms with Crippen LogP contribution in [0.2, 0.25) is 0 Å². The van der Waals surface area contributed by atoms with E-state index in [2.05, 4.69) is 5.32 Å². The fourth-order valence-electron chi connectivity index (χ4n) is 3.45. The number of aliphatic hydroxyl groups is 10. The molecule has 0 aliphatic carbocycles. The average Bonchev–Trinajstić information content (AvgIpc) is 2.98. The lowest BCUT2D eigenvalue weighted by Gasteiger charge is -2.33. The number of nitrogens with zero attached hydrogens (tertiary/aromatic N) is 1. The minimum Gasteiger partial charge on any atom is -0.475 e. The van der Waals surface area contributed by atoms with Gasteiger partial charge >= 0.3 is 18.2 Å². The van der Waals surface area contributed by atoms with E-state index in [0.29, 0.717) is 5.56 Å². The summed E-state index contributed by atoms with van der Waals surface area (Å²) in [7, 11) is 0. The maximum atomic E-state index is 11.4. The van der Waals surface area contributed by atoms with E-state index in [1.807, 2.05) is 0 Å². The first-order valence-corrected chi connectivity index (χ1v) is 13.1. The number of benzene rings is 1. The highest BCUT2D eigenvalue weighted by atomic mass is 19.4. The van der Waals surface area contributed by atoms with Gasteiger partial charge in [0.15, 0.2) is 0 Å². The second-order valence-corrected chi connectivity index (χ2v) is 9.48. The van der Waals surface area contributed by atoms with Crippen LogP contribution in [-0.2, 0) is 22.6 Å². The summed E-state index contributed by atoms with van der Waals surface area (Å²) in [5, 5.41) is 108. The third-order valence-corrected chi connectivity index (χ3v) is 5.93. The fourth-order valence-corrected chi connectivity index (χ4v) is 3.45. The minimum atomic E-state index is -5.08. The predicted molar refractivity (Wildman–Crippen MR) is 141 cm³/mol. The molecule has 1 rings (SSSR count). The first-order chi connectivity index (χ1) is 20.4. The van der Waals surface area contributed by atoms with Crippen molar-refractivity contribution in [2.75, 3.05) is 32.9 Å². The number of halogens is 3. The zero-order valence-corrected chi connectivity index (χ0v) is 23.6. The molecular formula is C25H41F3N2O14. The van der Waals surface area contributed by atoms with Gasteiger partial charge in [0.05, 0.1) is 32.0 Å². The number of amides is 1. The van der Waals surface area contributed by atoms with E-state index in [9.17, 15) is 58.8 Å². The van der Waals surface area contributed by atoms with Crippen molar-refractivity contribution in [3.63, 3.8) is 0 Å². The number of rotatable bonds is 17. The summed E-state index contributed by atoms with van der Waals surface area (Å²) in [6.45, 7) is -0.337. The van der Waals surface area contributed by atoms with Crippen molar-refractivity contribution < 1.29 is 83.7 Å². The Balaban J connectivity index is 0.00000234. The van der Waals surface area contributed by atoms with Crippen LogP contribution in [0.4, 0.5) is 18.0 Å². The molecule has 8 atom stereocenters. The van der Waals surface area contributed by atoms with E-state index in [1.54, 1.807) is 31.2 Å². The van der Waals surface area contributed by atoms with E-state index in [-0.39, 0.29) is 32.8 Å². The van der Waals surface area contributed by atoms with Crippen LogP contribution in [0.25, 0.3) is 0 Å². The van der Waals surface area contributed by atoms with Crippen LogP contribution in [0.3, 0.4) is 0 Å². The molecule has 16 nitrogen and oxygen atoms in total. The van der Waals surface area contributed by atoms with Gasteiger partial charge in [-0.1, -0.05) is 24.3 Å². The molecule has 0 fully saturated rings. The highest BCUT2D eigenvalue weighted by Gasteiger charge is 2.38. The van der Waals surface area contributed by atoms with Gasteiger partial charge in [0.2, 0.25) is 0 Å². The summed E-state index contributed by atoms with van der Waals surface area (Å²) < 4.78 is 36.5. The molecule has 0 saturated carbocycles. The molecule has 256 valence electrons. The Hall–Kier alpha value is -2.69. The molecule has 1 aromatic carbocycles. The fraction of sp³-hybridized carbons (Fsp3) is 0.680. The van der Waals surface area contributed by atoms with Crippen LogP contribution in [0.5, 0.6) is 0 Å². The van der Waals surface area contributed by atoms with Gasteiger partial charge in [0.1, 0.15) is 36.6 Å². The second kappa shape index (κ2) is 20.4. The normalized spacial score (nSPS) is 17.2. The standard InChI is InChI=1S/C23H40N2O12.C2HF3O2/c1-2-37-23(36)24-7-13-3-5-14(6-4-13)8-25(9-15(28)19(32)21(34)17(30)11-26)10-16(29)20(33)22(35)18(31)12-27;3-2(4,5)1(6)7/h3-6,15-22,26-35H,2,7-12H2,1H3,(H,24,36);(H,6,7)/t15-,16-,17+,18+,19+,20+,21+,22+;/m0./s1. The highest BCUT2D eigenvalue weighted by Crippen LogP contribution is 2.15. The van der Waals surface area contributed by atoms with Crippen molar-refractivity contribution in [2.45, 2.75) is 75.0 Å². The molecule has 0 unspecified atom stereocenters. The SMILES string of the molecule is CCOC(=O)NCc1ccc(CN(C[C@H](O)[C@@H](O)[C@H](O)[C@H](O)CO)C[C@H](O)[C@@H](O)[C@H](O)[C@H](O)CO)cc1.O=C(O)C(F)(F)F. The number of carbonyl (C=O) groups excluding carboxylic acids is 1. The monoisotopic (exact) mass is 650 g/mol. The summed E-state index contributed by atoms with van der Waals surface area (Å²) in [4.78, 5) is 21.7. The number of aliphatic carboxylic acids is 1. The number of nitrogens with one attached hydrogen (secondary N) is 1. The van der Waals surface area contributed by atoms with Gasteiger partial charge in [-0.15, -0.1) is 0 Å². The number of alkyl carbamates (subject to hydrolysis) is 1. The van der Waals surface area contributed by atoms with Crippen molar-refractivity contribution in [1.82, 2.24) is 10.2 Å². The van der Waals surface area contributed by atoms with E-state index in [1.165, 1.54) is 4.90 Å². The smallest absolute Gasteiger partial charge is 0.475 e. The van der Waals surface area contributed by atoms with Crippen molar-refractivity contribution >= 4 is 12.1 Å². The molecule has 0 aliphatic heterocycles. The van der Waals surface area contributed by atoms with Crippen LogP contribution in [-0.4, -0.2) is 161 Å². The van der Waals surface area contributed by atoms with Crippen LogP contribution >= 0.6 is 0 Å². The number of alkyl halides is 3. The summed E-state index contributed by atoms with van der Waals surface area (Å²) in [5.41, 5.74) is 1.40. The van der Waals surface area contributed by atoms with E-state index in [4.69, 9.17) is 24.9 Å². The summed E-state index contributed by atoms with van der Waals surface area (Å²) in [6.07, 6.45) is -19.9. The third-order valence-electron chi connectivity index (χ3n) is 5.93. The van der Waals surface area contributed by atoms with Gasteiger partial charge in [0.25, 0.3) is 0 Å². The number of aliphatic hydroxyl groups excluding tert-OH is 10. The number of carboxylic acids is 1. The first-order valence-electron chi connectivity index (χ1n) is 13.1. The Morgan fingerprint density at radius 1 is 0.773 bits per heavy atom. The largest absolute Gasteiger partial charge is 0.490 e. The first kappa shape index (κ1) is 41.3. The molecule has 0 spiro atoms. The number of carbonyl (C=O) groups is 2. The zero-order valence-electron chi connectivity index (χ0n) is 23.6. The van der Waals surface area contributed by atoms with Crippen LogP contribution in [0.1, 0.15) is 18.1 Å². The molecule has 44 heavy (non-hydrogen) atoms. The second-order valence-electron chi connectivity index (χ2n) is 9.48. The van der Waals surface area contributed by atoms with Gasteiger partial charge in [0, 0.05) is 26.2 Å².